The molecule has 0 unspecified atom stereocenters. The van der Waals surface area contributed by atoms with Crippen molar-refractivity contribution in [2.45, 2.75) is 40.0 Å². The second-order valence-electron chi connectivity index (χ2n) is 4.19. The fourth-order valence-corrected chi connectivity index (χ4v) is 0.946. The Kier molecular flexibility index (Phi) is 6.39. The van der Waals surface area contributed by atoms with Gasteiger partial charge in [0.15, 0.2) is 0 Å². The fraction of sp³-hybridized carbons (Fsp3) is 1.00. The zero-order valence-corrected chi connectivity index (χ0v) is 8.82. The minimum absolute atomic E-state index is 0.447. The highest BCUT2D eigenvalue weighted by Crippen LogP contribution is 2.17. The summed E-state index contributed by atoms with van der Waals surface area (Å²) in [6.07, 6.45) is 3.58. The lowest BCUT2D eigenvalue weighted by Crippen LogP contribution is -2.29. The molecule has 74 valence electrons. The fourth-order valence-electron chi connectivity index (χ4n) is 0.946. The van der Waals surface area contributed by atoms with Crippen molar-refractivity contribution in [2.24, 2.45) is 11.1 Å². The summed E-state index contributed by atoms with van der Waals surface area (Å²) in [7, 11) is 0. The maximum atomic E-state index is 5.39. The topological polar surface area (TPSA) is 38.0 Å². The third-order valence-corrected chi connectivity index (χ3v) is 2.37. The molecule has 0 rings (SSSR count). The number of rotatable bonds is 7. The first-order valence-electron chi connectivity index (χ1n) is 5.03. The van der Waals surface area contributed by atoms with E-state index in [2.05, 4.69) is 26.1 Å². The van der Waals surface area contributed by atoms with Crippen molar-refractivity contribution in [1.82, 2.24) is 5.32 Å². The molecule has 0 fully saturated rings. The van der Waals surface area contributed by atoms with Gasteiger partial charge in [0, 0.05) is 6.54 Å². The molecule has 0 saturated heterocycles. The molecule has 0 heterocycles. The maximum absolute atomic E-state index is 5.39. The molecule has 0 bridgehead atoms. The zero-order valence-electron chi connectivity index (χ0n) is 8.82. The molecule has 0 spiro atoms. The smallest absolute Gasteiger partial charge is 0.000241 e. The van der Waals surface area contributed by atoms with Crippen molar-refractivity contribution in [3.8, 4) is 0 Å². The largest absolute Gasteiger partial charge is 0.330 e. The number of nitrogens with one attached hydrogen (secondary N) is 1. The standard InChI is InChI=1S/C10H24N2/c1-4-10(2,3)9-12-8-6-5-7-11/h12H,4-9,11H2,1-3H3. The predicted molar refractivity (Wildman–Crippen MR) is 55.2 cm³/mol. The molecule has 12 heavy (non-hydrogen) atoms. The molecular weight excluding hydrogens is 148 g/mol. The Balaban J connectivity index is 3.19. The van der Waals surface area contributed by atoms with Crippen LogP contribution in [0.3, 0.4) is 0 Å². The molecule has 0 aromatic rings. The van der Waals surface area contributed by atoms with Crippen LogP contribution in [0.1, 0.15) is 40.0 Å². The van der Waals surface area contributed by atoms with Crippen LogP contribution in [0.2, 0.25) is 0 Å². The van der Waals surface area contributed by atoms with Crippen molar-refractivity contribution < 1.29 is 0 Å². The van der Waals surface area contributed by atoms with Gasteiger partial charge in [-0.25, -0.2) is 0 Å². The minimum Gasteiger partial charge on any atom is -0.330 e. The van der Waals surface area contributed by atoms with E-state index in [1.54, 1.807) is 0 Å². The Morgan fingerprint density at radius 2 is 1.92 bits per heavy atom. The van der Waals surface area contributed by atoms with Crippen LogP contribution in [0.15, 0.2) is 0 Å². The van der Waals surface area contributed by atoms with Crippen molar-refractivity contribution in [3.63, 3.8) is 0 Å². The van der Waals surface area contributed by atoms with E-state index in [4.69, 9.17) is 5.73 Å². The average Bonchev–Trinajstić information content (AvgIpc) is 2.04. The van der Waals surface area contributed by atoms with E-state index in [1.165, 1.54) is 12.8 Å². The van der Waals surface area contributed by atoms with Gasteiger partial charge in [-0.2, -0.15) is 0 Å². The van der Waals surface area contributed by atoms with E-state index >= 15 is 0 Å². The monoisotopic (exact) mass is 172 g/mol. The molecule has 0 radical (unpaired) electrons. The van der Waals surface area contributed by atoms with E-state index in [0.717, 1.165) is 26.1 Å². The lowest BCUT2D eigenvalue weighted by atomic mass is 9.90. The Bertz CT molecular complexity index is 100. The van der Waals surface area contributed by atoms with Crippen LogP contribution in [0.4, 0.5) is 0 Å². The van der Waals surface area contributed by atoms with E-state index in [1.807, 2.05) is 0 Å². The third kappa shape index (κ3) is 6.62. The van der Waals surface area contributed by atoms with E-state index in [-0.39, 0.29) is 0 Å². The lowest BCUT2D eigenvalue weighted by molar-refractivity contribution is 0.327. The second kappa shape index (κ2) is 6.44. The van der Waals surface area contributed by atoms with Gasteiger partial charge in [-0.3, -0.25) is 0 Å². The van der Waals surface area contributed by atoms with Gasteiger partial charge in [-0.15, -0.1) is 0 Å². The van der Waals surface area contributed by atoms with Crippen LogP contribution in [0, 0.1) is 5.41 Å². The molecule has 2 heteroatoms. The van der Waals surface area contributed by atoms with E-state index in [0.29, 0.717) is 5.41 Å². The van der Waals surface area contributed by atoms with Gasteiger partial charge in [0.05, 0.1) is 0 Å². The average molecular weight is 172 g/mol. The summed E-state index contributed by atoms with van der Waals surface area (Å²) in [5.74, 6) is 0. The van der Waals surface area contributed by atoms with E-state index in [9.17, 15) is 0 Å². The highest BCUT2D eigenvalue weighted by molar-refractivity contribution is 4.68. The van der Waals surface area contributed by atoms with Gasteiger partial charge in [0.25, 0.3) is 0 Å². The van der Waals surface area contributed by atoms with Gasteiger partial charge in [0.1, 0.15) is 0 Å². The SMILES string of the molecule is CCC(C)(C)CNCCCCN. The van der Waals surface area contributed by atoms with Gasteiger partial charge in [-0.05, 0) is 37.8 Å². The summed E-state index contributed by atoms with van der Waals surface area (Å²) >= 11 is 0. The number of unbranched alkanes of at least 4 members (excludes halogenated alkanes) is 1. The predicted octanol–water partition coefficient (Wildman–Crippen LogP) is 1.75. The van der Waals surface area contributed by atoms with Crippen LogP contribution >= 0.6 is 0 Å². The van der Waals surface area contributed by atoms with Gasteiger partial charge >= 0.3 is 0 Å². The Morgan fingerprint density at radius 1 is 1.25 bits per heavy atom. The first kappa shape index (κ1) is 11.9. The molecule has 0 saturated carbocycles. The zero-order chi connectivity index (χ0) is 9.45. The quantitative estimate of drug-likeness (QED) is 0.574. The molecule has 0 aliphatic carbocycles. The van der Waals surface area contributed by atoms with Gasteiger partial charge in [-0.1, -0.05) is 20.8 Å². The number of nitrogens with two attached hydrogens (primary N) is 1. The van der Waals surface area contributed by atoms with Crippen LogP contribution in [0.25, 0.3) is 0 Å². The Labute approximate surface area is 76.9 Å². The molecule has 0 aliphatic rings. The molecule has 3 N–H and O–H groups in total. The van der Waals surface area contributed by atoms with Crippen molar-refractivity contribution in [1.29, 1.82) is 0 Å². The lowest BCUT2D eigenvalue weighted by Gasteiger charge is -2.22. The van der Waals surface area contributed by atoms with Crippen molar-refractivity contribution >= 4 is 0 Å². The molecule has 0 aromatic heterocycles. The van der Waals surface area contributed by atoms with Crippen LogP contribution in [-0.2, 0) is 0 Å². The summed E-state index contributed by atoms with van der Waals surface area (Å²) in [5.41, 5.74) is 5.84. The normalized spacial score (nSPS) is 12.0. The summed E-state index contributed by atoms with van der Waals surface area (Å²) in [6.45, 7) is 9.88. The second-order valence-corrected chi connectivity index (χ2v) is 4.19. The first-order chi connectivity index (χ1) is 5.62. The maximum Gasteiger partial charge on any atom is 0.000241 e. The Morgan fingerprint density at radius 3 is 2.42 bits per heavy atom. The van der Waals surface area contributed by atoms with Crippen LogP contribution in [-0.4, -0.2) is 19.6 Å². The highest BCUT2D eigenvalue weighted by atomic mass is 14.9. The molecule has 0 aromatic carbocycles. The molecule has 2 nitrogen and oxygen atoms in total. The molecule has 0 aliphatic heterocycles. The summed E-state index contributed by atoms with van der Waals surface area (Å²) in [5, 5.41) is 3.46. The van der Waals surface area contributed by atoms with Gasteiger partial charge < -0.3 is 11.1 Å². The third-order valence-electron chi connectivity index (χ3n) is 2.37. The molecular formula is C10H24N2. The van der Waals surface area contributed by atoms with Crippen molar-refractivity contribution in [2.75, 3.05) is 19.6 Å². The minimum atomic E-state index is 0.447. The first-order valence-corrected chi connectivity index (χ1v) is 5.03. The summed E-state index contributed by atoms with van der Waals surface area (Å²) < 4.78 is 0. The van der Waals surface area contributed by atoms with Crippen LogP contribution < -0.4 is 11.1 Å². The number of hydrogen-bond donors (Lipinski definition) is 2. The molecule has 0 amide bonds. The summed E-state index contributed by atoms with van der Waals surface area (Å²) in [4.78, 5) is 0. The number of hydrogen-bond acceptors (Lipinski definition) is 2. The van der Waals surface area contributed by atoms with Crippen molar-refractivity contribution in [3.05, 3.63) is 0 Å². The highest BCUT2D eigenvalue weighted by Gasteiger charge is 2.13. The van der Waals surface area contributed by atoms with Gasteiger partial charge in [0.2, 0.25) is 0 Å². The van der Waals surface area contributed by atoms with Crippen LogP contribution in [0.5, 0.6) is 0 Å². The molecule has 0 atom stereocenters. The summed E-state index contributed by atoms with van der Waals surface area (Å²) in [6, 6.07) is 0. The Hall–Kier alpha value is -0.0800. The van der Waals surface area contributed by atoms with E-state index < -0.39 is 0 Å².